The van der Waals surface area contributed by atoms with Crippen LogP contribution in [0.3, 0.4) is 0 Å². The number of piperidine rings is 1. The van der Waals surface area contributed by atoms with Crippen LogP contribution < -0.4 is 4.90 Å². The molecule has 0 saturated carbocycles. The number of nitrogens with zero attached hydrogens (tertiary/aromatic N) is 6. The molecule has 106 valence electrons. The number of rotatable bonds is 2. The van der Waals surface area contributed by atoms with Crippen molar-refractivity contribution in [3.05, 3.63) is 24.0 Å². The van der Waals surface area contributed by atoms with Gasteiger partial charge in [-0.3, -0.25) is 4.57 Å². The summed E-state index contributed by atoms with van der Waals surface area (Å²) in [5.41, 5.74) is -0.730. The number of halogens is 1. The Hall–Kier alpha value is -1.73. The Balaban J connectivity index is 1.94. The highest BCUT2D eigenvalue weighted by atomic mass is 35.5. The smallest absolute Gasteiger partial charge is 0.241 e. The van der Waals surface area contributed by atoms with Gasteiger partial charge in [0.15, 0.2) is 0 Å². The summed E-state index contributed by atoms with van der Waals surface area (Å²) < 4.78 is 1.67. The van der Waals surface area contributed by atoms with Crippen LogP contribution in [0.5, 0.6) is 0 Å². The van der Waals surface area contributed by atoms with Crippen LogP contribution in [0, 0.1) is 0 Å². The molecule has 0 aliphatic carbocycles. The maximum atomic E-state index is 10.2. The van der Waals surface area contributed by atoms with E-state index in [2.05, 4.69) is 19.9 Å². The minimum Gasteiger partial charge on any atom is -0.388 e. The minimum absolute atomic E-state index is 0.129. The van der Waals surface area contributed by atoms with Crippen molar-refractivity contribution in [1.82, 2.24) is 24.5 Å². The highest BCUT2D eigenvalue weighted by Gasteiger charge is 2.30. The average molecular weight is 295 g/mol. The van der Waals surface area contributed by atoms with Gasteiger partial charge >= 0.3 is 0 Å². The van der Waals surface area contributed by atoms with Gasteiger partial charge in [0.2, 0.25) is 17.2 Å². The number of imidazole rings is 1. The molecular formula is C12H15ClN6O. The highest BCUT2D eigenvalue weighted by Crippen LogP contribution is 2.24. The first-order valence-electron chi connectivity index (χ1n) is 6.41. The molecule has 20 heavy (non-hydrogen) atoms. The number of anilines is 1. The van der Waals surface area contributed by atoms with Crippen LogP contribution in [0.2, 0.25) is 5.28 Å². The van der Waals surface area contributed by atoms with E-state index in [9.17, 15) is 5.11 Å². The van der Waals surface area contributed by atoms with E-state index in [4.69, 9.17) is 11.6 Å². The summed E-state index contributed by atoms with van der Waals surface area (Å²) in [6.45, 7) is 3.09. The first-order valence-corrected chi connectivity index (χ1v) is 6.79. The van der Waals surface area contributed by atoms with Crippen molar-refractivity contribution in [1.29, 1.82) is 0 Å². The zero-order valence-electron chi connectivity index (χ0n) is 11.1. The second-order valence-corrected chi connectivity index (χ2v) is 5.53. The van der Waals surface area contributed by atoms with Gasteiger partial charge in [-0.25, -0.2) is 4.98 Å². The van der Waals surface area contributed by atoms with Gasteiger partial charge in [0, 0.05) is 25.5 Å². The molecule has 8 heteroatoms. The van der Waals surface area contributed by atoms with E-state index in [1.54, 1.807) is 23.3 Å². The van der Waals surface area contributed by atoms with E-state index in [0.29, 0.717) is 18.4 Å². The Kier molecular flexibility index (Phi) is 3.31. The summed E-state index contributed by atoms with van der Waals surface area (Å²) in [5.74, 6) is 0.899. The van der Waals surface area contributed by atoms with Gasteiger partial charge in [0.05, 0.1) is 5.60 Å². The standard InChI is InChI=1S/C12H15ClN6O/c1-12(20)3-2-5-18(7-12)10-15-9(13)16-11(17-10)19-6-4-14-8-19/h4,6,8,20H,2-3,5,7H2,1H3. The molecule has 0 amide bonds. The molecular weight excluding hydrogens is 280 g/mol. The third-order valence-electron chi connectivity index (χ3n) is 3.28. The zero-order chi connectivity index (χ0) is 14.2. The SMILES string of the molecule is CC1(O)CCCN(c2nc(Cl)nc(-n3ccnc3)n2)C1. The number of aromatic nitrogens is 5. The van der Waals surface area contributed by atoms with Gasteiger partial charge in [0.25, 0.3) is 0 Å². The van der Waals surface area contributed by atoms with E-state index in [1.807, 2.05) is 11.8 Å². The molecule has 3 heterocycles. The fourth-order valence-corrected chi connectivity index (χ4v) is 2.51. The fourth-order valence-electron chi connectivity index (χ4n) is 2.35. The normalized spacial score (nSPS) is 23.1. The number of aliphatic hydroxyl groups is 1. The van der Waals surface area contributed by atoms with E-state index in [1.165, 1.54) is 0 Å². The van der Waals surface area contributed by atoms with Gasteiger partial charge in [0.1, 0.15) is 6.33 Å². The van der Waals surface area contributed by atoms with Crippen molar-refractivity contribution in [2.45, 2.75) is 25.4 Å². The molecule has 3 rings (SSSR count). The fraction of sp³-hybridized carbons (Fsp3) is 0.500. The Morgan fingerprint density at radius 3 is 2.80 bits per heavy atom. The molecule has 1 unspecified atom stereocenters. The topological polar surface area (TPSA) is 80.0 Å². The van der Waals surface area contributed by atoms with Crippen LogP contribution in [0.4, 0.5) is 5.95 Å². The molecule has 0 aromatic carbocycles. The van der Waals surface area contributed by atoms with Crippen molar-refractivity contribution >= 4 is 17.5 Å². The minimum atomic E-state index is -0.730. The summed E-state index contributed by atoms with van der Waals surface area (Å²) in [7, 11) is 0. The molecule has 1 saturated heterocycles. The molecule has 0 spiro atoms. The lowest BCUT2D eigenvalue weighted by atomic mass is 9.95. The maximum Gasteiger partial charge on any atom is 0.241 e. The first-order chi connectivity index (χ1) is 9.53. The van der Waals surface area contributed by atoms with E-state index < -0.39 is 5.60 Å². The van der Waals surface area contributed by atoms with Crippen LogP contribution in [-0.4, -0.2) is 48.3 Å². The third-order valence-corrected chi connectivity index (χ3v) is 3.45. The lowest BCUT2D eigenvalue weighted by Gasteiger charge is -2.36. The van der Waals surface area contributed by atoms with E-state index in [0.717, 1.165) is 19.4 Å². The number of β-amino-alcohol motifs (C(OH)–C–C–N with tert-alkyl or cyclic N) is 1. The molecule has 1 N–H and O–H groups in total. The number of hydrogen-bond acceptors (Lipinski definition) is 6. The van der Waals surface area contributed by atoms with Crippen molar-refractivity contribution in [3.63, 3.8) is 0 Å². The molecule has 0 bridgehead atoms. The first kappa shape index (κ1) is 13.3. The molecule has 2 aromatic rings. The zero-order valence-corrected chi connectivity index (χ0v) is 11.8. The molecule has 1 fully saturated rings. The van der Waals surface area contributed by atoms with Crippen molar-refractivity contribution in [2.75, 3.05) is 18.0 Å². The van der Waals surface area contributed by atoms with Crippen LogP contribution in [0.25, 0.3) is 5.95 Å². The summed E-state index contributed by atoms with van der Waals surface area (Å²) in [6.07, 6.45) is 6.64. The Morgan fingerprint density at radius 2 is 2.10 bits per heavy atom. The largest absolute Gasteiger partial charge is 0.388 e. The molecule has 1 aliphatic heterocycles. The summed E-state index contributed by atoms with van der Waals surface area (Å²) in [6, 6.07) is 0. The monoisotopic (exact) mass is 294 g/mol. The van der Waals surface area contributed by atoms with Gasteiger partial charge < -0.3 is 10.0 Å². The molecule has 1 atom stereocenters. The van der Waals surface area contributed by atoms with Crippen LogP contribution in [-0.2, 0) is 0 Å². The number of hydrogen-bond donors (Lipinski definition) is 1. The van der Waals surface area contributed by atoms with Crippen LogP contribution in [0.1, 0.15) is 19.8 Å². The highest BCUT2D eigenvalue weighted by molar-refractivity contribution is 6.28. The quantitative estimate of drug-likeness (QED) is 0.892. The van der Waals surface area contributed by atoms with E-state index in [-0.39, 0.29) is 5.28 Å². The second-order valence-electron chi connectivity index (χ2n) is 5.20. The van der Waals surface area contributed by atoms with Crippen molar-refractivity contribution in [2.24, 2.45) is 0 Å². The van der Waals surface area contributed by atoms with Crippen molar-refractivity contribution in [3.8, 4) is 5.95 Å². The lowest BCUT2D eigenvalue weighted by molar-refractivity contribution is 0.0444. The lowest BCUT2D eigenvalue weighted by Crippen LogP contribution is -2.46. The van der Waals surface area contributed by atoms with Gasteiger partial charge in [-0.05, 0) is 31.4 Å². The average Bonchev–Trinajstić information content (AvgIpc) is 2.90. The molecule has 0 radical (unpaired) electrons. The maximum absolute atomic E-state index is 10.2. The van der Waals surface area contributed by atoms with E-state index >= 15 is 0 Å². The van der Waals surface area contributed by atoms with Gasteiger partial charge in [-0.15, -0.1) is 0 Å². The summed E-state index contributed by atoms with van der Waals surface area (Å²) in [4.78, 5) is 18.5. The van der Waals surface area contributed by atoms with Crippen molar-refractivity contribution < 1.29 is 5.11 Å². The van der Waals surface area contributed by atoms with Gasteiger partial charge in [-0.2, -0.15) is 15.0 Å². The van der Waals surface area contributed by atoms with Crippen LogP contribution in [0.15, 0.2) is 18.7 Å². The van der Waals surface area contributed by atoms with Gasteiger partial charge in [-0.1, -0.05) is 0 Å². The molecule has 2 aromatic heterocycles. The second kappa shape index (κ2) is 4.99. The predicted molar refractivity (Wildman–Crippen MR) is 74.0 cm³/mol. The Bertz CT molecular complexity index is 600. The molecule has 7 nitrogen and oxygen atoms in total. The summed E-state index contributed by atoms with van der Waals surface area (Å²) >= 11 is 5.97. The predicted octanol–water partition coefficient (Wildman–Crippen LogP) is 1.06. The summed E-state index contributed by atoms with van der Waals surface area (Å²) in [5, 5.41) is 10.3. The Morgan fingerprint density at radius 1 is 1.30 bits per heavy atom. The Labute approximate surface area is 121 Å². The molecule has 1 aliphatic rings. The third kappa shape index (κ3) is 2.73. The van der Waals surface area contributed by atoms with Crippen LogP contribution >= 0.6 is 11.6 Å².